The Morgan fingerprint density at radius 2 is 2.17 bits per heavy atom. The number of alkyl halides is 1. The third kappa shape index (κ3) is 1.66. The van der Waals surface area contributed by atoms with E-state index in [2.05, 4.69) is 26.2 Å². The second-order valence-corrected chi connectivity index (χ2v) is 5.62. The number of ether oxygens (including phenoxy) is 2. The minimum absolute atomic E-state index is 0.201. The molecule has 0 saturated heterocycles. The largest absolute Gasteiger partial charge is 0.367 e. The quantitative estimate of drug-likeness (QED) is 0.871. The number of hydrogen-bond donors (Lipinski definition) is 1. The van der Waals surface area contributed by atoms with Gasteiger partial charge in [-0.05, 0) is 22.0 Å². The van der Waals surface area contributed by atoms with Gasteiger partial charge in [0.05, 0.1) is 0 Å². The first-order valence-electron chi connectivity index (χ1n) is 5.79. The molecule has 18 heavy (non-hydrogen) atoms. The highest BCUT2D eigenvalue weighted by molar-refractivity contribution is 9.10. The van der Waals surface area contributed by atoms with E-state index in [0.717, 1.165) is 0 Å². The molecule has 6 heteroatoms. The fourth-order valence-corrected chi connectivity index (χ4v) is 3.18. The Bertz CT molecular complexity index is 487. The summed E-state index contributed by atoms with van der Waals surface area (Å²) in [5, 5.41) is 3.24. The van der Waals surface area contributed by atoms with Crippen LogP contribution in [0, 0.1) is 0 Å². The SMILES string of the molecule is COC(OC)c1nc2c(cc1Br)C1(F)CC(C1)N2. The van der Waals surface area contributed by atoms with Crippen LogP contribution in [0.3, 0.4) is 0 Å². The molecule has 4 nitrogen and oxygen atoms in total. The normalized spacial score (nSPS) is 28.6. The first-order chi connectivity index (χ1) is 8.57. The van der Waals surface area contributed by atoms with Crippen LogP contribution in [-0.4, -0.2) is 25.2 Å². The number of nitrogens with one attached hydrogen (secondary N) is 1. The Balaban J connectivity index is 2.06. The monoisotopic (exact) mass is 316 g/mol. The molecule has 4 rings (SSSR count). The Labute approximate surface area is 113 Å². The van der Waals surface area contributed by atoms with Gasteiger partial charge in [-0.3, -0.25) is 0 Å². The summed E-state index contributed by atoms with van der Waals surface area (Å²) in [6.45, 7) is 0. The molecule has 0 aromatic carbocycles. The molecule has 0 radical (unpaired) electrons. The zero-order valence-corrected chi connectivity index (χ0v) is 11.8. The lowest BCUT2D eigenvalue weighted by molar-refractivity contribution is -0.109. The summed E-state index contributed by atoms with van der Waals surface area (Å²) in [4.78, 5) is 4.43. The molecule has 0 unspecified atom stereocenters. The third-order valence-electron chi connectivity index (χ3n) is 3.62. The number of pyridine rings is 1. The number of nitrogens with zero attached hydrogens (tertiary/aromatic N) is 1. The molecule has 0 spiro atoms. The minimum Gasteiger partial charge on any atom is -0.367 e. The zero-order valence-electron chi connectivity index (χ0n) is 10.2. The van der Waals surface area contributed by atoms with Gasteiger partial charge in [0.2, 0.25) is 6.29 Å². The summed E-state index contributed by atoms with van der Waals surface area (Å²) in [7, 11) is 3.09. The predicted molar refractivity (Wildman–Crippen MR) is 68.1 cm³/mol. The summed E-state index contributed by atoms with van der Waals surface area (Å²) in [5.74, 6) is 0.609. The van der Waals surface area contributed by atoms with Crippen molar-refractivity contribution < 1.29 is 13.9 Å². The number of halogens is 2. The third-order valence-corrected chi connectivity index (χ3v) is 4.25. The molecule has 1 aromatic heterocycles. The smallest absolute Gasteiger partial charge is 0.201 e. The molecule has 1 aromatic rings. The van der Waals surface area contributed by atoms with Crippen molar-refractivity contribution in [2.75, 3.05) is 19.5 Å². The maximum absolute atomic E-state index is 14.4. The summed E-state index contributed by atoms with van der Waals surface area (Å²) in [6.07, 6.45) is 0.511. The zero-order chi connectivity index (χ0) is 12.9. The van der Waals surface area contributed by atoms with Gasteiger partial charge in [-0.1, -0.05) is 0 Å². The van der Waals surface area contributed by atoms with Crippen LogP contribution in [0.5, 0.6) is 0 Å². The number of anilines is 1. The van der Waals surface area contributed by atoms with E-state index < -0.39 is 12.0 Å². The minimum atomic E-state index is -1.21. The lowest BCUT2D eigenvalue weighted by Gasteiger charge is -2.48. The summed E-state index contributed by atoms with van der Waals surface area (Å²) in [5.41, 5.74) is 0.0392. The van der Waals surface area contributed by atoms with E-state index in [0.29, 0.717) is 34.4 Å². The maximum atomic E-state index is 14.4. The van der Waals surface area contributed by atoms with E-state index in [9.17, 15) is 4.39 Å². The molecule has 3 heterocycles. The maximum Gasteiger partial charge on any atom is 0.201 e. The topological polar surface area (TPSA) is 43.4 Å². The first kappa shape index (κ1) is 12.3. The fraction of sp³-hybridized carbons (Fsp3) is 0.583. The molecule has 1 saturated carbocycles. The van der Waals surface area contributed by atoms with E-state index in [4.69, 9.17) is 9.47 Å². The van der Waals surface area contributed by atoms with Crippen molar-refractivity contribution in [3.63, 3.8) is 0 Å². The van der Waals surface area contributed by atoms with Crippen LogP contribution in [-0.2, 0) is 15.1 Å². The molecule has 1 N–H and O–H groups in total. The number of hydrogen-bond acceptors (Lipinski definition) is 4. The Hall–Kier alpha value is -0.720. The molecule has 98 valence electrons. The molecule has 0 amide bonds. The van der Waals surface area contributed by atoms with E-state index in [1.54, 1.807) is 20.3 Å². The van der Waals surface area contributed by atoms with Crippen LogP contribution < -0.4 is 5.32 Å². The Morgan fingerprint density at radius 1 is 1.50 bits per heavy atom. The van der Waals surface area contributed by atoms with Gasteiger partial charge in [0, 0.05) is 43.1 Å². The van der Waals surface area contributed by atoms with Gasteiger partial charge in [0.1, 0.15) is 17.2 Å². The molecule has 2 bridgehead atoms. The second-order valence-electron chi connectivity index (χ2n) is 4.77. The second kappa shape index (κ2) is 4.15. The van der Waals surface area contributed by atoms with E-state index in [1.165, 1.54) is 0 Å². The van der Waals surface area contributed by atoms with Gasteiger partial charge in [-0.15, -0.1) is 0 Å². The summed E-state index contributed by atoms with van der Waals surface area (Å²) < 4.78 is 25.5. The van der Waals surface area contributed by atoms with E-state index in [1.807, 2.05) is 0 Å². The molecule has 0 atom stereocenters. The predicted octanol–water partition coefficient (Wildman–Crippen LogP) is 2.89. The van der Waals surface area contributed by atoms with Crippen molar-refractivity contribution in [1.29, 1.82) is 0 Å². The van der Waals surface area contributed by atoms with Crippen molar-refractivity contribution in [1.82, 2.24) is 4.98 Å². The fourth-order valence-electron chi connectivity index (χ4n) is 2.68. The first-order valence-corrected chi connectivity index (χ1v) is 6.58. The Kier molecular flexibility index (Phi) is 2.84. The van der Waals surface area contributed by atoms with Crippen molar-refractivity contribution in [2.45, 2.75) is 30.8 Å². The highest BCUT2D eigenvalue weighted by atomic mass is 79.9. The summed E-state index contributed by atoms with van der Waals surface area (Å²) >= 11 is 3.41. The van der Waals surface area contributed by atoms with Crippen molar-refractivity contribution in [3.05, 3.63) is 21.8 Å². The lowest BCUT2D eigenvalue weighted by atomic mass is 9.70. The standard InChI is InChI=1S/C12H14BrFN2O2/c1-17-11(18-2)9-8(13)3-7-10(16-9)15-6-4-12(7,14)5-6/h3,6,11H,4-5H2,1-2H3,(H,15,16). The van der Waals surface area contributed by atoms with Crippen LogP contribution in [0.15, 0.2) is 10.5 Å². The van der Waals surface area contributed by atoms with Gasteiger partial charge in [0.15, 0.2) is 0 Å². The van der Waals surface area contributed by atoms with Gasteiger partial charge >= 0.3 is 0 Å². The Morgan fingerprint density at radius 3 is 2.78 bits per heavy atom. The highest BCUT2D eigenvalue weighted by Gasteiger charge is 2.52. The summed E-state index contributed by atoms with van der Waals surface area (Å²) in [6, 6.07) is 1.98. The van der Waals surface area contributed by atoms with E-state index >= 15 is 0 Å². The number of aromatic nitrogens is 1. The molecular weight excluding hydrogens is 303 g/mol. The molecule has 1 fully saturated rings. The van der Waals surface area contributed by atoms with E-state index in [-0.39, 0.29) is 6.04 Å². The van der Waals surface area contributed by atoms with Gasteiger partial charge in [-0.25, -0.2) is 9.37 Å². The average molecular weight is 317 g/mol. The molecule has 2 aliphatic heterocycles. The van der Waals surface area contributed by atoms with Crippen LogP contribution in [0.4, 0.5) is 10.2 Å². The van der Waals surface area contributed by atoms with Crippen LogP contribution >= 0.6 is 15.9 Å². The van der Waals surface area contributed by atoms with Crippen molar-refractivity contribution in [2.24, 2.45) is 0 Å². The van der Waals surface area contributed by atoms with Crippen LogP contribution in [0.25, 0.3) is 0 Å². The molecular formula is C12H14BrFN2O2. The van der Waals surface area contributed by atoms with Gasteiger partial charge < -0.3 is 14.8 Å². The number of methoxy groups -OCH3 is 2. The van der Waals surface area contributed by atoms with Crippen LogP contribution in [0.2, 0.25) is 0 Å². The molecule has 3 aliphatic rings. The van der Waals surface area contributed by atoms with Gasteiger partial charge in [-0.2, -0.15) is 0 Å². The molecule has 1 aliphatic carbocycles. The van der Waals surface area contributed by atoms with Gasteiger partial charge in [0.25, 0.3) is 0 Å². The van der Waals surface area contributed by atoms with Crippen molar-refractivity contribution in [3.8, 4) is 0 Å². The number of rotatable bonds is 3. The van der Waals surface area contributed by atoms with Crippen LogP contribution in [0.1, 0.15) is 30.4 Å². The average Bonchev–Trinajstić information content (AvgIpc) is 2.31. The highest BCUT2D eigenvalue weighted by Crippen LogP contribution is 2.53. The van der Waals surface area contributed by atoms with Crippen molar-refractivity contribution >= 4 is 21.7 Å². The lowest BCUT2D eigenvalue weighted by Crippen LogP contribution is -2.50.